The van der Waals surface area contributed by atoms with Gasteiger partial charge in [0.05, 0.1) is 0 Å². The molecule has 0 saturated carbocycles. The summed E-state index contributed by atoms with van der Waals surface area (Å²) in [5.74, 6) is 1.01. The van der Waals surface area contributed by atoms with Crippen LogP contribution in [0.15, 0.2) is 18.2 Å². The maximum atomic E-state index is 6.10. The van der Waals surface area contributed by atoms with Crippen molar-refractivity contribution in [2.24, 2.45) is 5.73 Å². The molecule has 0 aromatic heterocycles. The van der Waals surface area contributed by atoms with Crippen molar-refractivity contribution in [1.29, 1.82) is 0 Å². The number of nitrogens with two attached hydrogens (primary N) is 1. The average molecular weight is 276 g/mol. The van der Waals surface area contributed by atoms with Gasteiger partial charge in [-0.25, -0.2) is 0 Å². The zero-order chi connectivity index (χ0) is 14.5. The summed E-state index contributed by atoms with van der Waals surface area (Å²) >= 11 is 0. The van der Waals surface area contributed by atoms with Crippen molar-refractivity contribution >= 4 is 0 Å². The largest absolute Gasteiger partial charge is 0.492 e. The van der Waals surface area contributed by atoms with Gasteiger partial charge in [0.1, 0.15) is 12.4 Å². The van der Waals surface area contributed by atoms with Gasteiger partial charge in [-0.1, -0.05) is 18.6 Å². The van der Waals surface area contributed by atoms with Gasteiger partial charge in [-0.3, -0.25) is 4.90 Å². The molecule has 0 amide bonds. The van der Waals surface area contributed by atoms with Crippen LogP contribution in [0.1, 0.15) is 37.3 Å². The van der Waals surface area contributed by atoms with Gasteiger partial charge in [0.2, 0.25) is 0 Å². The van der Waals surface area contributed by atoms with Crippen molar-refractivity contribution in [3.05, 3.63) is 29.3 Å². The number of hydrogen-bond donors (Lipinski definition) is 1. The van der Waals surface area contributed by atoms with Crippen molar-refractivity contribution in [2.75, 3.05) is 19.7 Å². The zero-order valence-corrected chi connectivity index (χ0v) is 13.1. The molecule has 1 saturated heterocycles. The Balaban J connectivity index is 1.86. The van der Waals surface area contributed by atoms with Crippen LogP contribution >= 0.6 is 0 Å². The number of benzene rings is 1. The molecule has 0 bridgehead atoms. The molecule has 0 aliphatic carbocycles. The standard InChI is InChI=1S/C17H28N2O/c1-13-7-8-14(2)17(12-13)20-11-10-19-9-5-4-6-16(19)15(3)18/h7-8,12,15-16H,4-6,9-11,18H2,1-3H3. The van der Waals surface area contributed by atoms with E-state index in [1.165, 1.54) is 30.4 Å². The molecule has 0 spiro atoms. The van der Waals surface area contributed by atoms with E-state index in [0.29, 0.717) is 6.04 Å². The van der Waals surface area contributed by atoms with E-state index in [4.69, 9.17) is 10.5 Å². The highest BCUT2D eigenvalue weighted by atomic mass is 16.5. The maximum Gasteiger partial charge on any atom is 0.122 e. The van der Waals surface area contributed by atoms with Gasteiger partial charge >= 0.3 is 0 Å². The Morgan fingerprint density at radius 1 is 1.35 bits per heavy atom. The van der Waals surface area contributed by atoms with Gasteiger partial charge in [0, 0.05) is 18.6 Å². The Morgan fingerprint density at radius 2 is 2.15 bits per heavy atom. The zero-order valence-electron chi connectivity index (χ0n) is 13.1. The minimum Gasteiger partial charge on any atom is -0.492 e. The van der Waals surface area contributed by atoms with Crippen LogP contribution in [-0.4, -0.2) is 36.7 Å². The summed E-state index contributed by atoms with van der Waals surface area (Å²) in [4.78, 5) is 2.50. The van der Waals surface area contributed by atoms with E-state index in [1.54, 1.807) is 0 Å². The summed E-state index contributed by atoms with van der Waals surface area (Å²) in [6.45, 7) is 9.19. The molecule has 2 atom stereocenters. The van der Waals surface area contributed by atoms with Crippen LogP contribution in [0.2, 0.25) is 0 Å². The van der Waals surface area contributed by atoms with Gasteiger partial charge in [-0.2, -0.15) is 0 Å². The van der Waals surface area contributed by atoms with Crippen molar-refractivity contribution < 1.29 is 4.74 Å². The Labute approximate surface area is 123 Å². The molecule has 1 aromatic rings. The van der Waals surface area contributed by atoms with E-state index < -0.39 is 0 Å². The molecule has 112 valence electrons. The molecule has 0 radical (unpaired) electrons. The molecule has 1 aliphatic rings. The lowest BCUT2D eigenvalue weighted by Crippen LogP contribution is -2.50. The summed E-state index contributed by atoms with van der Waals surface area (Å²) in [7, 11) is 0. The fourth-order valence-electron chi connectivity index (χ4n) is 3.03. The molecular weight excluding hydrogens is 248 g/mol. The summed E-state index contributed by atoms with van der Waals surface area (Å²) in [6, 6.07) is 7.13. The second kappa shape index (κ2) is 7.09. The quantitative estimate of drug-likeness (QED) is 0.898. The van der Waals surface area contributed by atoms with Crippen LogP contribution in [0, 0.1) is 13.8 Å². The fraction of sp³-hybridized carbons (Fsp3) is 0.647. The lowest BCUT2D eigenvalue weighted by atomic mass is 9.97. The van der Waals surface area contributed by atoms with E-state index in [1.807, 2.05) is 0 Å². The number of nitrogens with zero attached hydrogens (tertiary/aromatic N) is 1. The monoisotopic (exact) mass is 276 g/mol. The summed E-state index contributed by atoms with van der Waals surface area (Å²) in [5, 5.41) is 0. The van der Waals surface area contributed by atoms with E-state index in [0.717, 1.165) is 25.4 Å². The molecule has 2 N–H and O–H groups in total. The first kappa shape index (κ1) is 15.3. The molecule has 2 rings (SSSR count). The molecule has 1 fully saturated rings. The van der Waals surface area contributed by atoms with Gasteiger partial charge in [-0.15, -0.1) is 0 Å². The van der Waals surface area contributed by atoms with Crippen LogP contribution in [0.5, 0.6) is 5.75 Å². The minimum atomic E-state index is 0.246. The lowest BCUT2D eigenvalue weighted by Gasteiger charge is -2.37. The first-order valence-electron chi connectivity index (χ1n) is 7.77. The number of hydrogen-bond acceptors (Lipinski definition) is 3. The highest BCUT2D eigenvalue weighted by Gasteiger charge is 2.24. The number of piperidine rings is 1. The molecular formula is C17H28N2O. The lowest BCUT2D eigenvalue weighted by molar-refractivity contribution is 0.109. The summed E-state index contributed by atoms with van der Waals surface area (Å²) in [5.41, 5.74) is 8.56. The van der Waals surface area contributed by atoms with E-state index in [-0.39, 0.29) is 6.04 Å². The van der Waals surface area contributed by atoms with Crippen LogP contribution < -0.4 is 10.5 Å². The second-order valence-corrected chi connectivity index (χ2v) is 6.08. The number of likely N-dealkylation sites (tertiary alicyclic amines) is 1. The second-order valence-electron chi connectivity index (χ2n) is 6.08. The van der Waals surface area contributed by atoms with Gasteiger partial charge in [0.25, 0.3) is 0 Å². The molecule has 1 heterocycles. The Bertz CT molecular complexity index is 431. The first-order valence-corrected chi connectivity index (χ1v) is 7.77. The van der Waals surface area contributed by atoms with Crippen LogP contribution in [0.3, 0.4) is 0 Å². The van der Waals surface area contributed by atoms with E-state index in [9.17, 15) is 0 Å². The molecule has 20 heavy (non-hydrogen) atoms. The Morgan fingerprint density at radius 3 is 2.90 bits per heavy atom. The smallest absolute Gasteiger partial charge is 0.122 e. The van der Waals surface area contributed by atoms with Crippen molar-refractivity contribution in [3.8, 4) is 5.75 Å². The molecule has 1 aromatic carbocycles. The van der Waals surface area contributed by atoms with Gasteiger partial charge < -0.3 is 10.5 Å². The molecule has 2 unspecified atom stereocenters. The van der Waals surface area contributed by atoms with E-state index >= 15 is 0 Å². The van der Waals surface area contributed by atoms with Crippen LogP contribution in [0.4, 0.5) is 0 Å². The third-order valence-corrected chi connectivity index (χ3v) is 4.25. The predicted molar refractivity (Wildman–Crippen MR) is 84.3 cm³/mol. The van der Waals surface area contributed by atoms with Gasteiger partial charge in [0.15, 0.2) is 0 Å². The Kier molecular flexibility index (Phi) is 5.44. The summed E-state index contributed by atoms with van der Waals surface area (Å²) < 4.78 is 5.97. The van der Waals surface area contributed by atoms with Crippen molar-refractivity contribution in [3.63, 3.8) is 0 Å². The normalized spacial score (nSPS) is 21.7. The summed E-state index contributed by atoms with van der Waals surface area (Å²) in [6.07, 6.45) is 3.81. The molecule has 1 aliphatic heterocycles. The first-order chi connectivity index (χ1) is 9.58. The minimum absolute atomic E-state index is 0.246. The van der Waals surface area contributed by atoms with Crippen molar-refractivity contribution in [2.45, 2.75) is 52.1 Å². The maximum absolute atomic E-state index is 6.10. The van der Waals surface area contributed by atoms with Crippen LogP contribution in [0.25, 0.3) is 0 Å². The van der Waals surface area contributed by atoms with Crippen molar-refractivity contribution in [1.82, 2.24) is 4.90 Å². The SMILES string of the molecule is Cc1ccc(C)c(OCCN2CCCCC2C(C)N)c1. The van der Waals surface area contributed by atoms with E-state index in [2.05, 4.69) is 43.9 Å². The average Bonchev–Trinajstić information content (AvgIpc) is 2.43. The highest BCUT2D eigenvalue weighted by molar-refractivity contribution is 5.35. The number of aryl methyl sites for hydroxylation is 2. The number of ether oxygens (including phenoxy) is 1. The van der Waals surface area contributed by atoms with Gasteiger partial charge in [-0.05, 0) is 57.4 Å². The number of rotatable bonds is 5. The molecule has 3 heteroatoms. The highest BCUT2D eigenvalue weighted by Crippen LogP contribution is 2.21. The topological polar surface area (TPSA) is 38.5 Å². The fourth-order valence-corrected chi connectivity index (χ4v) is 3.03. The van der Waals surface area contributed by atoms with Crippen LogP contribution in [-0.2, 0) is 0 Å². The Hall–Kier alpha value is -1.06. The molecule has 3 nitrogen and oxygen atoms in total. The predicted octanol–water partition coefficient (Wildman–Crippen LogP) is 2.88. The third kappa shape index (κ3) is 3.97. The third-order valence-electron chi connectivity index (χ3n) is 4.25.